The zero-order valence-electron chi connectivity index (χ0n) is 11.3. The average Bonchev–Trinajstić information content (AvgIpc) is 2.35. The highest BCUT2D eigenvalue weighted by atomic mass is 16.5. The summed E-state index contributed by atoms with van der Waals surface area (Å²) in [5, 5.41) is 15.5. The molecular formula is C14H20N2O3. The Kier molecular flexibility index (Phi) is 4.07. The topological polar surface area (TPSA) is 70.6 Å². The van der Waals surface area contributed by atoms with Gasteiger partial charge in [0.1, 0.15) is 5.75 Å². The second-order valence-electron chi connectivity index (χ2n) is 5.09. The van der Waals surface area contributed by atoms with Crippen molar-refractivity contribution in [2.24, 2.45) is 0 Å². The van der Waals surface area contributed by atoms with Gasteiger partial charge in [0.25, 0.3) is 0 Å². The van der Waals surface area contributed by atoms with Crippen molar-refractivity contribution >= 4 is 5.97 Å². The summed E-state index contributed by atoms with van der Waals surface area (Å²) in [4.78, 5) is 10.9. The van der Waals surface area contributed by atoms with Crippen LogP contribution in [0.1, 0.15) is 24.9 Å². The number of hydrogen-bond donors (Lipinski definition) is 3. The maximum absolute atomic E-state index is 10.9. The predicted octanol–water partition coefficient (Wildman–Crippen LogP) is 1.16. The number of ether oxygens (including phenoxy) is 1. The van der Waals surface area contributed by atoms with E-state index in [2.05, 4.69) is 10.6 Å². The first-order valence-corrected chi connectivity index (χ1v) is 6.39. The zero-order chi connectivity index (χ0) is 13.9. The number of carboxylic acid groups (broad SMARTS) is 1. The summed E-state index contributed by atoms with van der Waals surface area (Å²) in [6, 6.07) is 7.92. The summed E-state index contributed by atoms with van der Waals surface area (Å²) in [6.07, 6.45) is 0.139. The number of hydrogen-bond acceptors (Lipinski definition) is 4. The quantitative estimate of drug-likeness (QED) is 0.719. The van der Waals surface area contributed by atoms with E-state index < -0.39 is 5.97 Å². The molecule has 1 aliphatic rings. The Morgan fingerprint density at radius 3 is 2.53 bits per heavy atom. The van der Waals surface area contributed by atoms with Crippen molar-refractivity contribution in [3.05, 3.63) is 29.8 Å². The third-order valence-electron chi connectivity index (χ3n) is 3.55. The number of aliphatic carboxylic acids is 1. The van der Waals surface area contributed by atoms with Gasteiger partial charge in [0.2, 0.25) is 0 Å². The normalized spacial score (nSPS) is 18.4. The Morgan fingerprint density at radius 2 is 2.11 bits per heavy atom. The first-order valence-electron chi connectivity index (χ1n) is 6.39. The smallest absolute Gasteiger partial charge is 0.305 e. The van der Waals surface area contributed by atoms with E-state index in [1.165, 1.54) is 0 Å². The van der Waals surface area contributed by atoms with Crippen molar-refractivity contribution in [1.29, 1.82) is 0 Å². The molecule has 1 aliphatic heterocycles. The van der Waals surface area contributed by atoms with E-state index in [4.69, 9.17) is 9.84 Å². The molecule has 0 aromatic heterocycles. The molecule has 0 aliphatic carbocycles. The molecule has 1 atom stereocenters. The molecule has 104 valence electrons. The van der Waals surface area contributed by atoms with E-state index in [1.54, 1.807) is 7.11 Å². The van der Waals surface area contributed by atoms with E-state index in [0.29, 0.717) is 13.1 Å². The number of carbonyl (C=O) groups is 1. The minimum atomic E-state index is -0.768. The molecule has 0 spiro atoms. The lowest BCUT2D eigenvalue weighted by molar-refractivity contribution is -0.139. The third-order valence-corrected chi connectivity index (χ3v) is 3.55. The summed E-state index contributed by atoms with van der Waals surface area (Å²) in [7, 11) is 1.64. The van der Waals surface area contributed by atoms with Gasteiger partial charge < -0.3 is 20.5 Å². The molecule has 0 unspecified atom stereocenters. The van der Waals surface area contributed by atoms with Gasteiger partial charge >= 0.3 is 5.97 Å². The van der Waals surface area contributed by atoms with Crippen molar-refractivity contribution in [2.45, 2.75) is 24.9 Å². The van der Waals surface area contributed by atoms with Crippen LogP contribution in [0, 0.1) is 0 Å². The van der Waals surface area contributed by atoms with E-state index in [-0.39, 0.29) is 18.0 Å². The van der Waals surface area contributed by atoms with Gasteiger partial charge in [0.15, 0.2) is 0 Å². The lowest BCUT2D eigenvalue weighted by Gasteiger charge is -2.44. The van der Waals surface area contributed by atoms with E-state index >= 15 is 0 Å². The first kappa shape index (κ1) is 13.8. The average molecular weight is 264 g/mol. The summed E-state index contributed by atoms with van der Waals surface area (Å²) >= 11 is 0. The van der Waals surface area contributed by atoms with Gasteiger partial charge in [-0.1, -0.05) is 12.1 Å². The molecule has 1 aromatic carbocycles. The first-order chi connectivity index (χ1) is 9.04. The molecule has 0 amide bonds. The monoisotopic (exact) mass is 264 g/mol. The van der Waals surface area contributed by atoms with Crippen LogP contribution in [0.15, 0.2) is 24.3 Å². The summed E-state index contributed by atoms with van der Waals surface area (Å²) in [6.45, 7) is 3.43. The minimum absolute atomic E-state index is 0.104. The third kappa shape index (κ3) is 3.24. The van der Waals surface area contributed by atoms with Gasteiger partial charge in [0.05, 0.1) is 19.1 Å². The van der Waals surface area contributed by atoms with Crippen LogP contribution < -0.4 is 15.4 Å². The Morgan fingerprint density at radius 1 is 1.47 bits per heavy atom. The fourth-order valence-corrected chi connectivity index (χ4v) is 2.43. The van der Waals surface area contributed by atoms with Gasteiger partial charge in [-0.2, -0.15) is 0 Å². The molecule has 0 radical (unpaired) electrons. The molecule has 3 N–H and O–H groups in total. The number of carboxylic acids is 1. The second-order valence-corrected chi connectivity index (χ2v) is 5.09. The Hall–Kier alpha value is -1.59. The van der Waals surface area contributed by atoms with Crippen molar-refractivity contribution in [1.82, 2.24) is 10.6 Å². The standard InChI is InChI=1S/C14H20N2O3/c1-10(11-3-5-12(19-2)6-4-11)16-14(7-13(17)18)8-15-9-14/h3-6,10,15-16H,7-9H2,1-2H3,(H,17,18)/t10-/m0/s1. The fourth-order valence-electron chi connectivity index (χ4n) is 2.43. The largest absolute Gasteiger partial charge is 0.497 e. The van der Waals surface area contributed by atoms with E-state index in [0.717, 1.165) is 11.3 Å². The van der Waals surface area contributed by atoms with Gasteiger partial charge in [-0.15, -0.1) is 0 Å². The molecule has 0 bridgehead atoms. The van der Waals surface area contributed by atoms with Crippen molar-refractivity contribution < 1.29 is 14.6 Å². The fraction of sp³-hybridized carbons (Fsp3) is 0.500. The van der Waals surface area contributed by atoms with E-state index in [1.807, 2.05) is 31.2 Å². The highest BCUT2D eigenvalue weighted by molar-refractivity contribution is 5.68. The number of methoxy groups -OCH3 is 1. The van der Waals surface area contributed by atoms with Gasteiger partial charge in [-0.05, 0) is 24.6 Å². The molecule has 5 heteroatoms. The van der Waals surface area contributed by atoms with Crippen LogP contribution in [-0.2, 0) is 4.79 Å². The van der Waals surface area contributed by atoms with Crippen molar-refractivity contribution in [3.8, 4) is 5.75 Å². The zero-order valence-corrected chi connectivity index (χ0v) is 11.3. The highest BCUT2D eigenvalue weighted by Crippen LogP contribution is 2.23. The maximum Gasteiger partial charge on any atom is 0.305 e. The summed E-state index contributed by atoms with van der Waals surface area (Å²) in [5.74, 6) is 0.0532. The molecule has 1 fully saturated rings. The number of benzene rings is 1. The van der Waals surface area contributed by atoms with Gasteiger partial charge in [-0.25, -0.2) is 0 Å². The van der Waals surface area contributed by atoms with Crippen LogP contribution in [0.3, 0.4) is 0 Å². The Labute approximate surface area is 113 Å². The Bertz CT molecular complexity index is 441. The lowest BCUT2D eigenvalue weighted by Crippen LogP contribution is -2.68. The molecule has 2 rings (SSSR count). The molecular weight excluding hydrogens is 244 g/mol. The molecule has 1 saturated heterocycles. The molecule has 5 nitrogen and oxygen atoms in total. The Balaban J connectivity index is 2.02. The van der Waals surface area contributed by atoms with Crippen molar-refractivity contribution in [3.63, 3.8) is 0 Å². The summed E-state index contributed by atoms with van der Waals surface area (Å²) in [5.41, 5.74) is 0.794. The minimum Gasteiger partial charge on any atom is -0.497 e. The van der Waals surface area contributed by atoms with Crippen molar-refractivity contribution in [2.75, 3.05) is 20.2 Å². The lowest BCUT2D eigenvalue weighted by atomic mass is 9.87. The molecule has 19 heavy (non-hydrogen) atoms. The van der Waals surface area contributed by atoms with Crippen LogP contribution >= 0.6 is 0 Å². The predicted molar refractivity (Wildman–Crippen MR) is 72.4 cm³/mol. The number of nitrogens with one attached hydrogen (secondary N) is 2. The van der Waals surface area contributed by atoms with Gasteiger partial charge in [-0.3, -0.25) is 4.79 Å². The van der Waals surface area contributed by atoms with Crippen LogP contribution in [-0.4, -0.2) is 36.8 Å². The number of rotatable bonds is 6. The van der Waals surface area contributed by atoms with E-state index in [9.17, 15) is 4.79 Å². The van der Waals surface area contributed by atoms with Crippen LogP contribution in [0.25, 0.3) is 0 Å². The summed E-state index contributed by atoms with van der Waals surface area (Å²) < 4.78 is 5.13. The van der Waals surface area contributed by atoms with Crippen LogP contribution in [0.5, 0.6) is 5.75 Å². The maximum atomic E-state index is 10.9. The second kappa shape index (κ2) is 5.59. The molecule has 1 aromatic rings. The molecule has 1 heterocycles. The van der Waals surface area contributed by atoms with Gasteiger partial charge in [0, 0.05) is 19.1 Å². The van der Waals surface area contributed by atoms with Crippen LogP contribution in [0.4, 0.5) is 0 Å². The van der Waals surface area contributed by atoms with Crippen LogP contribution in [0.2, 0.25) is 0 Å². The SMILES string of the molecule is COc1ccc([C@H](C)NC2(CC(=O)O)CNC2)cc1. The highest BCUT2D eigenvalue weighted by Gasteiger charge is 2.39. The molecule has 0 saturated carbocycles.